The fourth-order valence-corrected chi connectivity index (χ4v) is 3.83. The molecule has 4 heteroatoms. The van der Waals surface area contributed by atoms with Crippen LogP contribution in [0.1, 0.15) is 25.7 Å². The zero-order chi connectivity index (χ0) is 12.1. The number of hydrogen-bond acceptors (Lipinski definition) is 3. The van der Waals surface area contributed by atoms with E-state index >= 15 is 0 Å². The molecule has 1 aliphatic rings. The van der Waals surface area contributed by atoms with Gasteiger partial charge in [0.15, 0.2) is 0 Å². The van der Waals surface area contributed by atoms with Crippen molar-refractivity contribution >= 4 is 23.4 Å². The third-order valence-electron chi connectivity index (χ3n) is 3.44. The van der Waals surface area contributed by atoms with Crippen LogP contribution in [-0.4, -0.2) is 11.8 Å². The lowest BCUT2D eigenvalue weighted by atomic mass is 10.0. The Labute approximate surface area is 112 Å². The average molecular weight is 271 g/mol. The molecule has 1 unspecified atom stereocenters. The van der Waals surface area contributed by atoms with Crippen LogP contribution in [0.25, 0.3) is 0 Å². The number of nitrogens with two attached hydrogens (primary N) is 1. The Balaban J connectivity index is 1.89. The Morgan fingerprint density at radius 2 is 2.06 bits per heavy atom. The van der Waals surface area contributed by atoms with Gasteiger partial charge in [0.05, 0.1) is 5.02 Å². The molecule has 2 rings (SSSR count). The molecule has 2 nitrogen and oxygen atoms in total. The predicted molar refractivity (Wildman–Crippen MR) is 75.2 cm³/mol. The number of benzene rings is 1. The van der Waals surface area contributed by atoms with Crippen LogP contribution in [0.15, 0.2) is 29.2 Å². The second-order valence-corrected chi connectivity index (χ2v) is 6.03. The van der Waals surface area contributed by atoms with Crippen molar-refractivity contribution in [3.05, 3.63) is 29.3 Å². The molecule has 1 aromatic carbocycles. The van der Waals surface area contributed by atoms with Gasteiger partial charge in [-0.1, -0.05) is 36.6 Å². The van der Waals surface area contributed by atoms with Gasteiger partial charge < -0.3 is 0 Å². The van der Waals surface area contributed by atoms with E-state index in [1.54, 1.807) is 11.8 Å². The maximum Gasteiger partial charge on any atom is 0.0541 e. The maximum atomic E-state index is 6.14. The van der Waals surface area contributed by atoms with Gasteiger partial charge in [0.1, 0.15) is 0 Å². The monoisotopic (exact) mass is 270 g/mol. The zero-order valence-electron chi connectivity index (χ0n) is 9.86. The molecule has 1 saturated carbocycles. The van der Waals surface area contributed by atoms with Gasteiger partial charge >= 0.3 is 0 Å². The Bertz CT molecular complexity index is 353. The van der Waals surface area contributed by atoms with Crippen LogP contribution in [-0.2, 0) is 0 Å². The van der Waals surface area contributed by atoms with Crippen LogP contribution in [0.4, 0.5) is 0 Å². The zero-order valence-corrected chi connectivity index (χ0v) is 11.4. The van der Waals surface area contributed by atoms with E-state index in [0.29, 0.717) is 6.04 Å². The van der Waals surface area contributed by atoms with Crippen LogP contribution in [0, 0.1) is 5.92 Å². The Morgan fingerprint density at radius 1 is 1.35 bits per heavy atom. The normalized spacial score (nSPS) is 18.5. The van der Waals surface area contributed by atoms with Crippen molar-refractivity contribution in [3.63, 3.8) is 0 Å². The standard InChI is InChI=1S/C13H19ClN2S/c14-11-7-3-4-8-13(11)17-9-12(16-15)10-5-1-2-6-10/h3-4,7-8,10,12,16H,1-2,5-6,9,15H2. The predicted octanol–water partition coefficient (Wildman–Crippen LogP) is 3.45. The summed E-state index contributed by atoms with van der Waals surface area (Å²) in [5.74, 6) is 7.38. The molecule has 17 heavy (non-hydrogen) atoms. The Morgan fingerprint density at radius 3 is 2.71 bits per heavy atom. The van der Waals surface area contributed by atoms with E-state index in [1.165, 1.54) is 25.7 Å². The minimum Gasteiger partial charge on any atom is -0.271 e. The lowest BCUT2D eigenvalue weighted by Crippen LogP contribution is -2.41. The van der Waals surface area contributed by atoms with Gasteiger partial charge in [0.2, 0.25) is 0 Å². The van der Waals surface area contributed by atoms with E-state index in [9.17, 15) is 0 Å². The molecule has 3 N–H and O–H groups in total. The number of nitrogens with one attached hydrogen (secondary N) is 1. The number of hydrazine groups is 1. The fourth-order valence-electron chi connectivity index (χ4n) is 2.42. The molecule has 0 aliphatic heterocycles. The number of halogens is 1. The van der Waals surface area contributed by atoms with E-state index < -0.39 is 0 Å². The Hall–Kier alpha value is -0.220. The molecule has 1 fully saturated rings. The number of hydrogen-bond donors (Lipinski definition) is 2. The minimum atomic E-state index is 0.402. The van der Waals surface area contributed by atoms with Crippen molar-refractivity contribution in [3.8, 4) is 0 Å². The quantitative estimate of drug-likeness (QED) is 0.489. The average Bonchev–Trinajstić information content (AvgIpc) is 2.86. The SMILES string of the molecule is NNC(CSc1ccccc1Cl)C1CCCC1. The van der Waals surface area contributed by atoms with Crippen molar-refractivity contribution in [1.29, 1.82) is 0 Å². The molecule has 0 amide bonds. The van der Waals surface area contributed by atoms with E-state index in [-0.39, 0.29) is 0 Å². The van der Waals surface area contributed by atoms with Crippen LogP contribution in [0.5, 0.6) is 0 Å². The summed E-state index contributed by atoms with van der Waals surface area (Å²) in [4.78, 5) is 1.15. The van der Waals surface area contributed by atoms with Crippen molar-refractivity contribution in [2.45, 2.75) is 36.6 Å². The van der Waals surface area contributed by atoms with Crippen molar-refractivity contribution in [2.75, 3.05) is 5.75 Å². The summed E-state index contributed by atoms with van der Waals surface area (Å²) in [6, 6.07) is 8.38. The minimum absolute atomic E-state index is 0.402. The summed E-state index contributed by atoms with van der Waals surface area (Å²) < 4.78 is 0. The highest BCUT2D eigenvalue weighted by molar-refractivity contribution is 7.99. The van der Waals surface area contributed by atoms with Crippen LogP contribution >= 0.6 is 23.4 Å². The van der Waals surface area contributed by atoms with Gasteiger partial charge in [0.25, 0.3) is 0 Å². The van der Waals surface area contributed by atoms with Crippen molar-refractivity contribution in [2.24, 2.45) is 11.8 Å². The molecule has 0 saturated heterocycles. The van der Waals surface area contributed by atoms with E-state index in [2.05, 4.69) is 11.5 Å². The second kappa shape index (κ2) is 6.64. The number of thioether (sulfide) groups is 1. The van der Waals surface area contributed by atoms with Crippen molar-refractivity contribution < 1.29 is 0 Å². The van der Waals surface area contributed by atoms with Gasteiger partial charge in [-0.05, 0) is 30.9 Å². The van der Waals surface area contributed by atoms with Crippen LogP contribution < -0.4 is 11.3 Å². The first-order valence-corrected chi connectivity index (χ1v) is 7.51. The molecule has 0 radical (unpaired) electrons. The molecule has 1 aliphatic carbocycles. The molecule has 0 heterocycles. The summed E-state index contributed by atoms with van der Waals surface area (Å²) in [5.41, 5.74) is 2.97. The third-order valence-corrected chi connectivity index (χ3v) is 5.07. The third kappa shape index (κ3) is 3.62. The largest absolute Gasteiger partial charge is 0.271 e. The van der Waals surface area contributed by atoms with Crippen LogP contribution in [0.3, 0.4) is 0 Å². The van der Waals surface area contributed by atoms with Gasteiger partial charge in [-0.15, -0.1) is 11.8 Å². The highest BCUT2D eigenvalue weighted by Gasteiger charge is 2.24. The van der Waals surface area contributed by atoms with E-state index in [0.717, 1.165) is 21.6 Å². The summed E-state index contributed by atoms with van der Waals surface area (Å²) >= 11 is 7.93. The second-order valence-electron chi connectivity index (χ2n) is 4.56. The van der Waals surface area contributed by atoms with Gasteiger partial charge in [0, 0.05) is 16.7 Å². The van der Waals surface area contributed by atoms with Gasteiger partial charge in [-0.3, -0.25) is 11.3 Å². The molecule has 0 bridgehead atoms. The molecule has 1 atom stereocenters. The first-order valence-electron chi connectivity index (χ1n) is 6.14. The van der Waals surface area contributed by atoms with E-state index in [4.69, 9.17) is 17.4 Å². The first-order chi connectivity index (χ1) is 8.31. The molecule has 94 valence electrons. The molecule has 0 spiro atoms. The molecular formula is C13H19ClN2S. The van der Waals surface area contributed by atoms with Crippen LogP contribution in [0.2, 0.25) is 5.02 Å². The Kier molecular flexibility index (Phi) is 5.16. The van der Waals surface area contributed by atoms with Crippen molar-refractivity contribution in [1.82, 2.24) is 5.43 Å². The van der Waals surface area contributed by atoms with E-state index in [1.807, 2.05) is 18.2 Å². The number of rotatable bonds is 5. The first kappa shape index (κ1) is 13.2. The van der Waals surface area contributed by atoms with Gasteiger partial charge in [-0.25, -0.2) is 0 Å². The topological polar surface area (TPSA) is 38.0 Å². The highest BCUT2D eigenvalue weighted by Crippen LogP contribution is 2.32. The maximum absolute atomic E-state index is 6.14. The highest BCUT2D eigenvalue weighted by atomic mass is 35.5. The molecule has 1 aromatic rings. The lowest BCUT2D eigenvalue weighted by Gasteiger charge is -2.22. The summed E-state index contributed by atoms with van der Waals surface area (Å²) in [5, 5.41) is 0.833. The molecule has 0 aromatic heterocycles. The fraction of sp³-hybridized carbons (Fsp3) is 0.538. The lowest BCUT2D eigenvalue weighted by molar-refractivity contribution is 0.393. The molecular weight excluding hydrogens is 252 g/mol. The summed E-state index contributed by atoms with van der Waals surface area (Å²) in [7, 11) is 0. The smallest absolute Gasteiger partial charge is 0.0541 e. The summed E-state index contributed by atoms with van der Waals surface area (Å²) in [6.45, 7) is 0. The van der Waals surface area contributed by atoms with Gasteiger partial charge in [-0.2, -0.15) is 0 Å². The summed E-state index contributed by atoms with van der Waals surface area (Å²) in [6.07, 6.45) is 5.30.